The summed E-state index contributed by atoms with van der Waals surface area (Å²) in [6, 6.07) is 10.6. The summed E-state index contributed by atoms with van der Waals surface area (Å²) in [6.45, 7) is 14.3. The first-order chi connectivity index (χ1) is 9.62. The second kappa shape index (κ2) is 10.4. The van der Waals surface area contributed by atoms with Crippen LogP contribution in [0, 0.1) is 0 Å². The summed E-state index contributed by atoms with van der Waals surface area (Å²) in [7, 11) is 9.60. The zero-order chi connectivity index (χ0) is 16.5. The summed E-state index contributed by atoms with van der Waals surface area (Å²) in [4.78, 5) is 0. The van der Waals surface area contributed by atoms with Crippen molar-refractivity contribution in [3.8, 4) is 0 Å². The van der Waals surface area contributed by atoms with Crippen LogP contribution in [0.25, 0.3) is 6.08 Å². The van der Waals surface area contributed by atoms with Crippen LogP contribution in [0.1, 0.15) is 47.1 Å². The molecule has 0 radical (unpaired) electrons. The molecule has 1 rings (SSSR count). The van der Waals surface area contributed by atoms with Gasteiger partial charge in [0.1, 0.15) is 0 Å². The molecule has 0 heterocycles. The van der Waals surface area contributed by atoms with Crippen LogP contribution in [0.4, 0.5) is 0 Å². The molecule has 0 unspecified atom stereocenters. The number of halogens is 2. The third-order valence-electron chi connectivity index (χ3n) is 3.02. The summed E-state index contributed by atoms with van der Waals surface area (Å²) < 4.78 is 0. The van der Waals surface area contributed by atoms with E-state index in [-0.39, 0.29) is 23.9 Å². The average molecular weight is 440 g/mol. The van der Waals surface area contributed by atoms with Crippen molar-refractivity contribution < 1.29 is 15.9 Å². The second-order valence-corrected chi connectivity index (χ2v) is 13.1. The van der Waals surface area contributed by atoms with Crippen LogP contribution in [0.3, 0.4) is 0 Å². The van der Waals surface area contributed by atoms with E-state index in [2.05, 4.69) is 84.0 Å². The van der Waals surface area contributed by atoms with Gasteiger partial charge in [-0.3, -0.25) is 0 Å². The van der Waals surface area contributed by atoms with Crippen molar-refractivity contribution in [2.75, 3.05) is 6.16 Å². The molecular weight excluding hydrogens is 412 g/mol. The number of hydrogen-bond acceptors (Lipinski definition) is 0. The monoisotopic (exact) mass is 438 g/mol. The predicted molar refractivity (Wildman–Crippen MR) is 98.5 cm³/mol. The molecule has 0 bridgehead atoms. The van der Waals surface area contributed by atoms with Gasteiger partial charge in [-0.25, -0.2) is 0 Å². The van der Waals surface area contributed by atoms with Crippen molar-refractivity contribution in [3.05, 3.63) is 42.0 Å². The van der Waals surface area contributed by atoms with E-state index < -0.39 is 0 Å². The molecule has 0 spiro atoms. The molecule has 0 saturated carbocycles. The first-order valence-corrected chi connectivity index (χ1v) is 12.5. The van der Waals surface area contributed by atoms with E-state index in [9.17, 15) is 0 Å². The first kappa shape index (κ1) is 21.6. The van der Waals surface area contributed by atoms with Gasteiger partial charge in [0.15, 0.2) is 0 Å². The van der Waals surface area contributed by atoms with Gasteiger partial charge in [0.2, 0.25) is 0 Å². The van der Waals surface area contributed by atoms with Crippen molar-refractivity contribution in [1.82, 2.24) is 0 Å². The van der Waals surface area contributed by atoms with Crippen molar-refractivity contribution in [3.63, 3.8) is 0 Å². The third-order valence-corrected chi connectivity index (χ3v) is 6.83. The Bertz CT molecular complexity index is 391. The van der Waals surface area contributed by atoms with Crippen molar-refractivity contribution in [1.29, 1.82) is 0 Å². The molecule has 1 aromatic rings. The molecule has 21 heavy (non-hydrogen) atoms. The van der Waals surface area contributed by atoms with Crippen molar-refractivity contribution in [2.45, 2.75) is 51.9 Å². The van der Waals surface area contributed by atoms with Gasteiger partial charge < -0.3 is 0 Å². The van der Waals surface area contributed by atoms with E-state index in [1.54, 1.807) is 0 Å². The fourth-order valence-corrected chi connectivity index (χ4v) is 5.84. The van der Waals surface area contributed by atoms with E-state index in [1.807, 2.05) is 0 Å². The maximum atomic E-state index is 4.81. The Morgan fingerprint density at radius 2 is 1.38 bits per heavy atom. The zero-order valence-electron chi connectivity index (χ0n) is 13.8. The molecule has 0 saturated heterocycles. The standard InChI is InChI=1S/C17H27P.2ClH.Pd/c1-16(2,3)18(17(4,5)6)14-10-13-15-11-8-7-9-12-15;;;/h7-13H,14H2,1-6H3;2*1H;/q;;;+2/p-2. The van der Waals surface area contributed by atoms with Crippen molar-refractivity contribution >= 4 is 33.1 Å². The molecule has 1 aromatic carbocycles. The van der Waals surface area contributed by atoms with Crippen LogP contribution in [0.15, 0.2) is 36.4 Å². The van der Waals surface area contributed by atoms with Gasteiger partial charge >= 0.3 is 35.0 Å². The van der Waals surface area contributed by atoms with Gasteiger partial charge in [0, 0.05) is 0 Å². The first-order valence-electron chi connectivity index (χ1n) is 6.94. The summed E-state index contributed by atoms with van der Waals surface area (Å²) in [5.41, 5.74) is 1.30. The fourth-order valence-electron chi connectivity index (χ4n) is 2.41. The van der Waals surface area contributed by atoms with Crippen LogP contribution in [0.5, 0.6) is 0 Å². The molecule has 0 aliphatic heterocycles. The SMILES string of the molecule is CC(C)(C)P(CC=Cc1ccccc1)C(C)(C)C.[Cl][Pd][Cl]. The van der Waals surface area contributed by atoms with Crippen LogP contribution in [-0.2, 0) is 15.9 Å². The van der Waals surface area contributed by atoms with E-state index in [4.69, 9.17) is 19.1 Å². The maximum absolute atomic E-state index is 4.81. The Labute approximate surface area is 148 Å². The molecule has 124 valence electrons. The molecular formula is C17H27Cl2PPd. The van der Waals surface area contributed by atoms with Crippen LogP contribution in [0.2, 0.25) is 0 Å². The molecule has 0 amide bonds. The Balaban J connectivity index is 0.00000122. The average Bonchev–Trinajstić information content (AvgIpc) is 2.34. The van der Waals surface area contributed by atoms with Crippen LogP contribution in [-0.4, -0.2) is 16.5 Å². The van der Waals surface area contributed by atoms with Gasteiger partial charge in [-0.15, -0.1) is 0 Å². The molecule has 0 aliphatic carbocycles. The number of benzene rings is 1. The third kappa shape index (κ3) is 10.1. The summed E-state index contributed by atoms with van der Waals surface area (Å²) >= 11 is -0.106. The van der Waals surface area contributed by atoms with E-state index >= 15 is 0 Å². The van der Waals surface area contributed by atoms with E-state index in [0.717, 1.165) is 0 Å². The molecule has 0 atom stereocenters. The quantitative estimate of drug-likeness (QED) is 0.346. The summed E-state index contributed by atoms with van der Waals surface area (Å²) in [6.07, 6.45) is 5.82. The number of allylic oxidation sites excluding steroid dienone is 1. The fraction of sp³-hybridized carbons (Fsp3) is 0.529. The minimum absolute atomic E-state index is 0.0258. The Hall–Kier alpha value is 0.632. The topological polar surface area (TPSA) is 0 Å². The molecule has 0 aliphatic rings. The summed E-state index contributed by atoms with van der Waals surface area (Å²) in [5, 5.41) is 0.823. The Kier molecular flexibility index (Phi) is 10.7. The van der Waals surface area contributed by atoms with E-state index in [0.29, 0.717) is 10.3 Å². The van der Waals surface area contributed by atoms with Crippen molar-refractivity contribution in [2.24, 2.45) is 0 Å². The van der Waals surface area contributed by atoms with Gasteiger partial charge in [-0.05, 0) is 22.0 Å². The molecule has 0 aromatic heterocycles. The number of hydrogen-bond donors (Lipinski definition) is 0. The second-order valence-electron chi connectivity index (χ2n) is 6.81. The van der Waals surface area contributed by atoms with Crippen LogP contribution >= 0.6 is 27.0 Å². The predicted octanol–water partition coefficient (Wildman–Crippen LogP) is 7.16. The van der Waals surface area contributed by atoms with Crippen LogP contribution < -0.4 is 0 Å². The Morgan fingerprint density at radius 1 is 0.952 bits per heavy atom. The van der Waals surface area contributed by atoms with E-state index in [1.165, 1.54) is 11.7 Å². The minimum atomic E-state index is -0.106. The molecule has 0 nitrogen and oxygen atoms in total. The molecule has 4 heteroatoms. The summed E-state index contributed by atoms with van der Waals surface area (Å²) in [5.74, 6) is 0. The molecule has 0 N–H and O–H groups in total. The normalized spacial score (nSPS) is 12.6. The van der Waals surface area contributed by atoms with Gasteiger partial charge in [0.25, 0.3) is 0 Å². The molecule has 0 fully saturated rings. The number of rotatable bonds is 3. The van der Waals surface area contributed by atoms with Gasteiger partial charge in [0.05, 0.1) is 0 Å². The van der Waals surface area contributed by atoms with Gasteiger partial charge in [-0.1, -0.05) is 91.9 Å². The van der Waals surface area contributed by atoms with Gasteiger partial charge in [-0.2, -0.15) is 0 Å². The Morgan fingerprint density at radius 3 is 1.76 bits per heavy atom. The zero-order valence-corrected chi connectivity index (χ0v) is 17.7.